The van der Waals surface area contributed by atoms with Gasteiger partial charge in [-0.15, -0.1) is 0 Å². The molecule has 0 saturated heterocycles. The summed E-state index contributed by atoms with van der Waals surface area (Å²) < 4.78 is 50.6. The Bertz CT molecular complexity index is 416. The van der Waals surface area contributed by atoms with Gasteiger partial charge in [0, 0.05) is 24.7 Å². The van der Waals surface area contributed by atoms with E-state index in [1.165, 1.54) is 23.1 Å². The van der Waals surface area contributed by atoms with E-state index in [1.54, 1.807) is 13.8 Å². The van der Waals surface area contributed by atoms with Crippen molar-refractivity contribution in [3.05, 3.63) is 35.1 Å². The van der Waals surface area contributed by atoms with E-state index in [-0.39, 0.29) is 19.1 Å². The first kappa shape index (κ1) is 15.9. The van der Waals surface area contributed by atoms with E-state index >= 15 is 0 Å². The minimum Gasteiger partial charge on any atom is -0.326 e. The summed E-state index contributed by atoms with van der Waals surface area (Å²) in [7, 11) is 0. The molecule has 0 unspecified atom stereocenters. The molecule has 0 spiro atoms. The zero-order valence-corrected chi connectivity index (χ0v) is 11.0. The lowest BCUT2D eigenvalue weighted by atomic mass is 10.1. The predicted octanol–water partition coefficient (Wildman–Crippen LogP) is 3.06. The highest BCUT2D eigenvalue weighted by molar-refractivity contribution is 5.25. The summed E-state index contributed by atoms with van der Waals surface area (Å²) in [5, 5.41) is 0. The van der Waals surface area contributed by atoms with Crippen LogP contribution in [0, 0.1) is 5.82 Å². The maximum atomic E-state index is 13.3. The van der Waals surface area contributed by atoms with Crippen LogP contribution < -0.4 is 5.73 Å². The van der Waals surface area contributed by atoms with Crippen molar-refractivity contribution in [2.24, 2.45) is 5.73 Å². The van der Waals surface area contributed by atoms with E-state index in [2.05, 4.69) is 0 Å². The van der Waals surface area contributed by atoms with Crippen LogP contribution in [0.2, 0.25) is 0 Å². The molecule has 0 aromatic heterocycles. The van der Waals surface area contributed by atoms with Gasteiger partial charge in [0.05, 0.1) is 6.54 Å². The second-order valence-electron chi connectivity index (χ2n) is 4.74. The van der Waals surface area contributed by atoms with Crippen LogP contribution in [0.5, 0.6) is 0 Å². The van der Waals surface area contributed by atoms with E-state index in [1.807, 2.05) is 0 Å². The van der Waals surface area contributed by atoms with Crippen molar-refractivity contribution < 1.29 is 17.6 Å². The molecule has 0 saturated carbocycles. The maximum Gasteiger partial charge on any atom is 0.401 e. The fourth-order valence-corrected chi connectivity index (χ4v) is 1.77. The molecule has 0 bridgehead atoms. The van der Waals surface area contributed by atoms with Crippen molar-refractivity contribution in [3.8, 4) is 0 Å². The monoisotopic (exact) mass is 278 g/mol. The zero-order chi connectivity index (χ0) is 14.6. The summed E-state index contributed by atoms with van der Waals surface area (Å²) in [6, 6.07) is 3.98. The molecule has 2 nitrogen and oxygen atoms in total. The first-order valence-corrected chi connectivity index (χ1v) is 6.01. The minimum atomic E-state index is -4.25. The molecule has 0 aliphatic rings. The zero-order valence-electron chi connectivity index (χ0n) is 11.0. The summed E-state index contributed by atoms with van der Waals surface area (Å²) >= 11 is 0. The summed E-state index contributed by atoms with van der Waals surface area (Å²) in [6.07, 6.45) is -4.25. The normalized spacial score (nSPS) is 12.5. The molecule has 0 fully saturated rings. The third-order valence-electron chi connectivity index (χ3n) is 2.83. The Hall–Kier alpha value is -1.14. The van der Waals surface area contributed by atoms with Crippen molar-refractivity contribution in [2.45, 2.75) is 39.2 Å². The van der Waals surface area contributed by atoms with E-state index in [9.17, 15) is 17.6 Å². The number of alkyl halides is 3. The van der Waals surface area contributed by atoms with Crippen molar-refractivity contribution in [1.82, 2.24) is 4.90 Å². The number of hydrogen-bond donors (Lipinski definition) is 1. The molecule has 6 heteroatoms. The van der Waals surface area contributed by atoms with Crippen LogP contribution in [0.25, 0.3) is 0 Å². The first-order valence-electron chi connectivity index (χ1n) is 6.01. The van der Waals surface area contributed by atoms with E-state index in [0.29, 0.717) is 11.1 Å². The lowest BCUT2D eigenvalue weighted by Gasteiger charge is -2.27. The summed E-state index contributed by atoms with van der Waals surface area (Å²) in [5.41, 5.74) is 6.32. The molecule has 0 aliphatic carbocycles. The second-order valence-corrected chi connectivity index (χ2v) is 4.74. The Labute approximate surface area is 110 Å². The molecule has 1 aromatic rings. The van der Waals surface area contributed by atoms with Crippen LogP contribution in [0.4, 0.5) is 17.6 Å². The highest BCUT2D eigenvalue weighted by atomic mass is 19.4. The SMILES string of the molecule is CC(C)N(Cc1ccc(F)c(CN)c1)CC(F)(F)F. The molecule has 0 radical (unpaired) electrons. The number of hydrogen-bond acceptors (Lipinski definition) is 2. The highest BCUT2D eigenvalue weighted by Crippen LogP contribution is 2.20. The van der Waals surface area contributed by atoms with Crippen LogP contribution in [0.3, 0.4) is 0 Å². The lowest BCUT2D eigenvalue weighted by molar-refractivity contribution is -0.150. The molecule has 0 heterocycles. The van der Waals surface area contributed by atoms with Gasteiger partial charge >= 0.3 is 6.18 Å². The molecular weight excluding hydrogens is 260 g/mol. The van der Waals surface area contributed by atoms with Crippen molar-refractivity contribution in [3.63, 3.8) is 0 Å². The maximum absolute atomic E-state index is 13.3. The van der Waals surface area contributed by atoms with E-state index in [0.717, 1.165) is 0 Å². The molecule has 0 amide bonds. The van der Waals surface area contributed by atoms with E-state index < -0.39 is 18.5 Å². The smallest absolute Gasteiger partial charge is 0.326 e. The minimum absolute atomic E-state index is 0.0284. The number of nitrogens with zero attached hydrogens (tertiary/aromatic N) is 1. The standard InChI is InChI=1S/C13H18F4N2/c1-9(2)19(8-13(15,16)17)7-10-3-4-12(14)11(5-10)6-18/h3-5,9H,6-8,18H2,1-2H3. The Morgan fingerprint density at radius 1 is 1.26 bits per heavy atom. The molecule has 0 atom stereocenters. The van der Waals surface area contributed by atoms with Gasteiger partial charge in [0.25, 0.3) is 0 Å². The average Bonchev–Trinajstić information content (AvgIpc) is 2.28. The van der Waals surface area contributed by atoms with Gasteiger partial charge in [-0.25, -0.2) is 4.39 Å². The number of benzene rings is 1. The van der Waals surface area contributed by atoms with Gasteiger partial charge in [0.2, 0.25) is 0 Å². The van der Waals surface area contributed by atoms with Gasteiger partial charge in [0.15, 0.2) is 0 Å². The number of halogens is 4. The fourth-order valence-electron chi connectivity index (χ4n) is 1.77. The van der Waals surface area contributed by atoms with Crippen LogP contribution in [-0.2, 0) is 13.1 Å². The first-order chi connectivity index (χ1) is 8.73. The quantitative estimate of drug-likeness (QED) is 0.839. The largest absolute Gasteiger partial charge is 0.401 e. The average molecular weight is 278 g/mol. The molecular formula is C13H18F4N2. The number of rotatable bonds is 5. The van der Waals surface area contributed by atoms with Gasteiger partial charge in [0.1, 0.15) is 5.82 Å². The molecule has 1 rings (SSSR count). The van der Waals surface area contributed by atoms with Gasteiger partial charge in [-0.1, -0.05) is 12.1 Å². The molecule has 2 N–H and O–H groups in total. The van der Waals surface area contributed by atoms with Crippen LogP contribution in [0.1, 0.15) is 25.0 Å². The Kier molecular flexibility index (Phi) is 5.31. The van der Waals surface area contributed by atoms with Gasteiger partial charge in [-0.2, -0.15) is 13.2 Å². The number of nitrogens with two attached hydrogens (primary N) is 1. The summed E-state index contributed by atoms with van der Waals surface area (Å²) in [5.74, 6) is -0.432. The Morgan fingerprint density at radius 2 is 1.89 bits per heavy atom. The second kappa shape index (κ2) is 6.34. The van der Waals surface area contributed by atoms with E-state index in [4.69, 9.17) is 5.73 Å². The molecule has 0 aliphatic heterocycles. The topological polar surface area (TPSA) is 29.3 Å². The Morgan fingerprint density at radius 3 is 2.37 bits per heavy atom. The van der Waals surface area contributed by atoms with Crippen molar-refractivity contribution in [1.29, 1.82) is 0 Å². The molecule has 108 valence electrons. The third kappa shape index (κ3) is 5.16. The van der Waals surface area contributed by atoms with Crippen molar-refractivity contribution >= 4 is 0 Å². The fraction of sp³-hybridized carbons (Fsp3) is 0.538. The van der Waals surface area contributed by atoms with Gasteiger partial charge in [-0.3, -0.25) is 4.90 Å². The van der Waals surface area contributed by atoms with Gasteiger partial charge < -0.3 is 5.73 Å². The van der Waals surface area contributed by atoms with Crippen molar-refractivity contribution in [2.75, 3.05) is 6.54 Å². The third-order valence-corrected chi connectivity index (χ3v) is 2.83. The Balaban J connectivity index is 2.85. The van der Waals surface area contributed by atoms with Crippen LogP contribution >= 0.6 is 0 Å². The van der Waals surface area contributed by atoms with Crippen LogP contribution in [-0.4, -0.2) is 23.7 Å². The molecule has 19 heavy (non-hydrogen) atoms. The summed E-state index contributed by atoms with van der Waals surface area (Å²) in [4.78, 5) is 1.29. The summed E-state index contributed by atoms with van der Waals surface area (Å²) in [6.45, 7) is 2.54. The lowest BCUT2D eigenvalue weighted by Crippen LogP contribution is -2.38. The predicted molar refractivity (Wildman–Crippen MR) is 65.9 cm³/mol. The van der Waals surface area contributed by atoms with Crippen LogP contribution in [0.15, 0.2) is 18.2 Å². The highest BCUT2D eigenvalue weighted by Gasteiger charge is 2.31. The van der Waals surface area contributed by atoms with Gasteiger partial charge in [-0.05, 0) is 25.5 Å². The molecule has 1 aromatic carbocycles.